The number of hydrogen-bond donors (Lipinski definition) is 0. The first-order valence-electron chi connectivity index (χ1n) is 4.84. The van der Waals surface area contributed by atoms with Gasteiger partial charge in [-0.3, -0.25) is 0 Å². The van der Waals surface area contributed by atoms with E-state index in [1.807, 2.05) is 0 Å². The molecule has 0 aliphatic heterocycles. The van der Waals surface area contributed by atoms with E-state index in [-0.39, 0.29) is 21.6 Å². The van der Waals surface area contributed by atoms with Crippen molar-refractivity contribution in [3.63, 3.8) is 0 Å². The van der Waals surface area contributed by atoms with Crippen molar-refractivity contribution in [2.24, 2.45) is 10.8 Å². The van der Waals surface area contributed by atoms with Crippen LogP contribution in [0.3, 0.4) is 0 Å². The molecule has 82 valence electrons. The quantitative estimate of drug-likeness (QED) is 0.434. The second-order valence-electron chi connectivity index (χ2n) is 5.75. The molecule has 0 bridgehead atoms. The average Bonchev–Trinajstić information content (AvgIpc) is 1.95. The molecule has 0 aliphatic rings. The molecule has 0 amide bonds. The van der Waals surface area contributed by atoms with Crippen LogP contribution in [0.1, 0.15) is 41.5 Å². The predicted octanol–water partition coefficient (Wildman–Crippen LogP) is 4.30. The number of alkyl halides is 2. The highest BCUT2D eigenvalue weighted by Crippen LogP contribution is 2.26. The summed E-state index contributed by atoms with van der Waals surface area (Å²) in [5.41, 5.74) is 0.00605. The van der Waals surface area contributed by atoms with E-state index >= 15 is 0 Å². The van der Waals surface area contributed by atoms with Crippen LogP contribution in [0.2, 0.25) is 0 Å². The van der Waals surface area contributed by atoms with E-state index in [9.17, 15) is 0 Å². The Balaban J connectivity index is 4.46. The minimum atomic E-state index is -0.147. The van der Waals surface area contributed by atoms with E-state index in [0.717, 1.165) is 0 Å². The first-order chi connectivity index (χ1) is 6.05. The van der Waals surface area contributed by atoms with Crippen LogP contribution in [0.15, 0.2) is 0 Å². The van der Waals surface area contributed by atoms with Crippen molar-refractivity contribution in [3.8, 4) is 11.8 Å². The second kappa shape index (κ2) is 4.77. The number of halogens is 2. The Bertz CT molecular complexity index is 208. The summed E-state index contributed by atoms with van der Waals surface area (Å²) in [5.74, 6) is 6.02. The molecule has 0 nitrogen and oxygen atoms in total. The minimum Gasteiger partial charge on any atom is -0.108 e. The summed E-state index contributed by atoms with van der Waals surface area (Å²) >= 11 is 12.2. The largest absolute Gasteiger partial charge is 0.108 e. The van der Waals surface area contributed by atoms with Gasteiger partial charge < -0.3 is 0 Å². The van der Waals surface area contributed by atoms with E-state index in [4.69, 9.17) is 23.2 Å². The molecule has 2 heteroatoms. The first kappa shape index (κ1) is 14.1. The van der Waals surface area contributed by atoms with Crippen molar-refractivity contribution >= 4 is 23.2 Å². The molecule has 14 heavy (non-hydrogen) atoms. The van der Waals surface area contributed by atoms with Gasteiger partial charge in [0.25, 0.3) is 0 Å². The third-order valence-corrected chi connectivity index (χ3v) is 3.38. The predicted molar refractivity (Wildman–Crippen MR) is 66.0 cm³/mol. The van der Waals surface area contributed by atoms with E-state index in [0.29, 0.717) is 0 Å². The van der Waals surface area contributed by atoms with E-state index in [2.05, 4.69) is 53.4 Å². The zero-order chi connectivity index (χ0) is 11.6. The molecule has 0 saturated heterocycles. The van der Waals surface area contributed by atoms with Crippen LogP contribution in [0.5, 0.6) is 0 Å². The zero-order valence-electron chi connectivity index (χ0n) is 9.91. The molecule has 0 heterocycles. The smallest absolute Gasteiger partial charge is 0.0991 e. The highest BCUT2D eigenvalue weighted by atomic mass is 35.5. The van der Waals surface area contributed by atoms with Crippen molar-refractivity contribution in [1.29, 1.82) is 0 Å². The fourth-order valence-electron chi connectivity index (χ4n) is 0.579. The molecule has 0 radical (unpaired) electrons. The van der Waals surface area contributed by atoms with Gasteiger partial charge in [0.15, 0.2) is 0 Å². The third-order valence-electron chi connectivity index (χ3n) is 1.86. The molecular weight excluding hydrogens is 215 g/mol. The summed E-state index contributed by atoms with van der Waals surface area (Å²) in [6.45, 7) is 12.4. The number of rotatable bonds is 0. The minimum absolute atomic E-state index is 0.00302. The molecule has 2 atom stereocenters. The SMILES string of the molecule is CC(C)(C)C(Cl)C#CC(Cl)C(C)(C)C. The molecule has 0 aromatic carbocycles. The van der Waals surface area contributed by atoms with Crippen LogP contribution in [0.25, 0.3) is 0 Å². The summed E-state index contributed by atoms with van der Waals surface area (Å²) in [6.07, 6.45) is 0. The summed E-state index contributed by atoms with van der Waals surface area (Å²) in [4.78, 5) is 0. The van der Waals surface area contributed by atoms with Crippen molar-refractivity contribution in [2.45, 2.75) is 52.3 Å². The maximum absolute atomic E-state index is 6.12. The highest BCUT2D eigenvalue weighted by Gasteiger charge is 2.22. The molecule has 0 saturated carbocycles. The Morgan fingerprint density at radius 2 is 0.929 bits per heavy atom. The monoisotopic (exact) mass is 234 g/mol. The van der Waals surface area contributed by atoms with Gasteiger partial charge in [0.05, 0.1) is 10.8 Å². The first-order valence-corrected chi connectivity index (χ1v) is 5.71. The topological polar surface area (TPSA) is 0 Å². The molecule has 0 aromatic rings. The van der Waals surface area contributed by atoms with Crippen LogP contribution in [-0.4, -0.2) is 10.8 Å². The van der Waals surface area contributed by atoms with Gasteiger partial charge in [-0.25, -0.2) is 0 Å². The fourth-order valence-corrected chi connectivity index (χ4v) is 0.705. The van der Waals surface area contributed by atoms with Crippen LogP contribution in [0.4, 0.5) is 0 Å². The van der Waals surface area contributed by atoms with Gasteiger partial charge in [0.2, 0.25) is 0 Å². The van der Waals surface area contributed by atoms with Crippen LogP contribution in [-0.2, 0) is 0 Å². The molecular formula is C12H20Cl2. The standard InChI is InChI=1S/C12H20Cl2/c1-11(2,3)9(13)7-8-10(14)12(4,5)6/h9-10H,1-6H3. The molecule has 2 unspecified atom stereocenters. The summed E-state index contributed by atoms with van der Waals surface area (Å²) < 4.78 is 0. The Labute approximate surface area is 98.4 Å². The van der Waals surface area contributed by atoms with Gasteiger partial charge in [-0.1, -0.05) is 53.4 Å². The third kappa shape index (κ3) is 5.13. The Kier molecular flexibility index (Phi) is 4.82. The lowest BCUT2D eigenvalue weighted by Crippen LogP contribution is -2.22. The molecule has 0 N–H and O–H groups in total. The fraction of sp³-hybridized carbons (Fsp3) is 0.833. The van der Waals surface area contributed by atoms with Gasteiger partial charge >= 0.3 is 0 Å². The average molecular weight is 235 g/mol. The lowest BCUT2D eigenvalue weighted by molar-refractivity contribution is 0.427. The maximum atomic E-state index is 6.12. The van der Waals surface area contributed by atoms with Crippen molar-refractivity contribution in [3.05, 3.63) is 0 Å². The summed E-state index contributed by atoms with van der Waals surface area (Å²) in [7, 11) is 0. The second-order valence-corrected chi connectivity index (χ2v) is 6.62. The Morgan fingerprint density at radius 3 is 1.07 bits per heavy atom. The lowest BCUT2D eigenvalue weighted by Gasteiger charge is -2.22. The van der Waals surface area contributed by atoms with Crippen LogP contribution in [0, 0.1) is 22.7 Å². The molecule has 0 aliphatic carbocycles. The normalized spacial score (nSPS) is 16.9. The summed E-state index contributed by atoms with van der Waals surface area (Å²) in [6, 6.07) is 0. The van der Waals surface area contributed by atoms with Crippen molar-refractivity contribution in [2.75, 3.05) is 0 Å². The lowest BCUT2D eigenvalue weighted by atomic mass is 9.90. The zero-order valence-corrected chi connectivity index (χ0v) is 11.4. The highest BCUT2D eigenvalue weighted by molar-refractivity contribution is 6.24. The molecule has 0 spiro atoms. The van der Waals surface area contributed by atoms with Gasteiger partial charge in [-0.05, 0) is 10.8 Å². The molecule has 0 fully saturated rings. The molecule has 0 aromatic heterocycles. The Hall–Kier alpha value is 0.140. The summed E-state index contributed by atoms with van der Waals surface area (Å²) in [5, 5.41) is -0.294. The van der Waals surface area contributed by atoms with Crippen molar-refractivity contribution in [1.82, 2.24) is 0 Å². The molecule has 0 rings (SSSR count). The van der Waals surface area contributed by atoms with Crippen molar-refractivity contribution < 1.29 is 0 Å². The van der Waals surface area contributed by atoms with E-state index in [1.165, 1.54) is 0 Å². The Morgan fingerprint density at radius 1 is 0.714 bits per heavy atom. The van der Waals surface area contributed by atoms with E-state index in [1.54, 1.807) is 0 Å². The number of hydrogen-bond acceptors (Lipinski definition) is 0. The maximum Gasteiger partial charge on any atom is 0.0991 e. The van der Waals surface area contributed by atoms with E-state index < -0.39 is 0 Å². The van der Waals surface area contributed by atoms with Crippen LogP contribution < -0.4 is 0 Å². The van der Waals surface area contributed by atoms with Gasteiger partial charge in [0, 0.05) is 0 Å². The van der Waals surface area contributed by atoms with Gasteiger partial charge in [-0.2, -0.15) is 0 Å². The van der Waals surface area contributed by atoms with Gasteiger partial charge in [-0.15, -0.1) is 23.2 Å². The van der Waals surface area contributed by atoms with Crippen LogP contribution >= 0.6 is 23.2 Å². The van der Waals surface area contributed by atoms with Gasteiger partial charge in [0.1, 0.15) is 0 Å².